The zero-order chi connectivity index (χ0) is 8.39. The van der Waals surface area contributed by atoms with E-state index in [-0.39, 0.29) is 5.56 Å². The Morgan fingerprint density at radius 1 is 1.58 bits per heavy atom. The first-order chi connectivity index (χ1) is 5.86. The molecule has 0 amide bonds. The third kappa shape index (κ3) is 1.38. The molecule has 1 aliphatic heterocycles. The molecule has 0 radical (unpaired) electrons. The lowest BCUT2D eigenvalue weighted by Crippen LogP contribution is -2.12. The van der Waals surface area contributed by atoms with Gasteiger partial charge in [0.1, 0.15) is 0 Å². The van der Waals surface area contributed by atoms with Gasteiger partial charge in [0.05, 0.1) is 6.20 Å². The molecule has 64 valence electrons. The number of hydrogen-bond donors (Lipinski definition) is 2. The molecule has 2 N–H and O–H groups in total. The van der Waals surface area contributed by atoms with Gasteiger partial charge in [-0.25, -0.2) is 5.10 Å². The molecule has 1 fully saturated rings. The summed E-state index contributed by atoms with van der Waals surface area (Å²) in [6.07, 6.45) is 2.84. The lowest BCUT2D eigenvalue weighted by molar-refractivity contribution is 0.748. The summed E-state index contributed by atoms with van der Waals surface area (Å²) in [5.41, 5.74) is 0.933. The number of H-pyrrole nitrogens is 1. The molecule has 1 atom stereocenters. The van der Waals surface area contributed by atoms with Crippen LogP contribution in [0.5, 0.6) is 0 Å². The van der Waals surface area contributed by atoms with Crippen molar-refractivity contribution >= 4 is 0 Å². The molecule has 0 aromatic carbocycles. The van der Waals surface area contributed by atoms with Crippen molar-refractivity contribution in [2.75, 3.05) is 13.1 Å². The molecule has 0 saturated carbocycles. The van der Waals surface area contributed by atoms with Gasteiger partial charge in [0, 0.05) is 12.6 Å². The standard InChI is InChI=1S/C8H11N3O/c12-8-3-7(5-10-11-8)6-1-2-9-4-6/h3,5-6,9H,1-2,4H2,(H,11,12). The highest BCUT2D eigenvalue weighted by Crippen LogP contribution is 2.19. The van der Waals surface area contributed by atoms with E-state index >= 15 is 0 Å². The normalized spacial score (nSPS) is 22.8. The van der Waals surface area contributed by atoms with E-state index in [1.165, 1.54) is 0 Å². The lowest BCUT2D eigenvalue weighted by Gasteiger charge is -2.05. The third-order valence-electron chi connectivity index (χ3n) is 2.22. The van der Waals surface area contributed by atoms with E-state index in [0.717, 1.165) is 25.1 Å². The highest BCUT2D eigenvalue weighted by molar-refractivity contribution is 5.14. The molecule has 4 nitrogen and oxygen atoms in total. The lowest BCUT2D eigenvalue weighted by atomic mass is 10.0. The topological polar surface area (TPSA) is 57.8 Å². The summed E-state index contributed by atoms with van der Waals surface area (Å²) in [4.78, 5) is 10.9. The second-order valence-electron chi connectivity index (χ2n) is 3.07. The first-order valence-electron chi connectivity index (χ1n) is 4.11. The van der Waals surface area contributed by atoms with Crippen molar-refractivity contribution in [3.63, 3.8) is 0 Å². The molecular formula is C8H11N3O. The van der Waals surface area contributed by atoms with Crippen molar-refractivity contribution in [2.45, 2.75) is 12.3 Å². The van der Waals surface area contributed by atoms with Gasteiger partial charge in [0.15, 0.2) is 0 Å². The average Bonchev–Trinajstić information content (AvgIpc) is 2.56. The predicted octanol–water partition coefficient (Wildman–Crippen LogP) is -0.153. The number of nitrogens with one attached hydrogen (secondary N) is 2. The molecule has 1 unspecified atom stereocenters. The minimum absolute atomic E-state index is 0.112. The van der Waals surface area contributed by atoms with Gasteiger partial charge in [-0.15, -0.1) is 0 Å². The van der Waals surface area contributed by atoms with Gasteiger partial charge in [0.2, 0.25) is 0 Å². The van der Waals surface area contributed by atoms with Crippen LogP contribution in [-0.2, 0) is 0 Å². The van der Waals surface area contributed by atoms with Gasteiger partial charge < -0.3 is 5.32 Å². The summed E-state index contributed by atoms with van der Waals surface area (Å²) < 4.78 is 0. The predicted molar refractivity (Wildman–Crippen MR) is 45.1 cm³/mol. The van der Waals surface area contributed by atoms with Gasteiger partial charge >= 0.3 is 0 Å². The van der Waals surface area contributed by atoms with E-state index in [0.29, 0.717) is 5.92 Å². The van der Waals surface area contributed by atoms with Crippen LogP contribution < -0.4 is 10.9 Å². The van der Waals surface area contributed by atoms with Crippen LogP contribution in [0.15, 0.2) is 17.1 Å². The molecule has 2 heterocycles. The van der Waals surface area contributed by atoms with Crippen LogP contribution in [0, 0.1) is 0 Å². The van der Waals surface area contributed by atoms with E-state index in [1.54, 1.807) is 12.3 Å². The molecule has 1 aromatic rings. The molecule has 1 aromatic heterocycles. The number of aromatic amines is 1. The summed E-state index contributed by atoms with van der Waals surface area (Å²) in [6.45, 7) is 2.00. The highest BCUT2D eigenvalue weighted by Gasteiger charge is 2.16. The SMILES string of the molecule is O=c1cc(C2CCNC2)cn[nH]1. The van der Waals surface area contributed by atoms with Gasteiger partial charge in [-0.2, -0.15) is 5.10 Å². The molecule has 0 aliphatic carbocycles. The first-order valence-corrected chi connectivity index (χ1v) is 4.11. The number of aromatic nitrogens is 2. The number of nitrogens with zero attached hydrogens (tertiary/aromatic N) is 1. The largest absolute Gasteiger partial charge is 0.316 e. The van der Waals surface area contributed by atoms with Gasteiger partial charge in [-0.3, -0.25) is 4.79 Å². The van der Waals surface area contributed by atoms with E-state index in [9.17, 15) is 4.79 Å². The van der Waals surface area contributed by atoms with Crippen molar-refractivity contribution in [3.05, 3.63) is 28.2 Å². The van der Waals surface area contributed by atoms with Crippen LogP contribution in [0.25, 0.3) is 0 Å². The Bertz CT molecular complexity index is 314. The Morgan fingerprint density at radius 2 is 2.50 bits per heavy atom. The molecule has 2 rings (SSSR count). The molecule has 12 heavy (non-hydrogen) atoms. The molecular weight excluding hydrogens is 154 g/mol. The molecule has 0 spiro atoms. The maximum Gasteiger partial charge on any atom is 0.264 e. The fourth-order valence-electron chi connectivity index (χ4n) is 1.55. The van der Waals surface area contributed by atoms with Crippen LogP contribution in [-0.4, -0.2) is 23.3 Å². The zero-order valence-corrected chi connectivity index (χ0v) is 6.71. The Balaban J connectivity index is 2.27. The second-order valence-corrected chi connectivity index (χ2v) is 3.07. The molecule has 0 bridgehead atoms. The quantitative estimate of drug-likeness (QED) is 0.608. The summed E-state index contributed by atoms with van der Waals surface area (Å²) >= 11 is 0. The smallest absolute Gasteiger partial charge is 0.264 e. The van der Waals surface area contributed by atoms with Gasteiger partial charge in [-0.1, -0.05) is 0 Å². The Labute approximate surface area is 70.0 Å². The monoisotopic (exact) mass is 165 g/mol. The Morgan fingerprint density at radius 3 is 3.17 bits per heavy atom. The van der Waals surface area contributed by atoms with Crippen LogP contribution in [0.2, 0.25) is 0 Å². The number of rotatable bonds is 1. The van der Waals surface area contributed by atoms with Crippen molar-refractivity contribution in [1.82, 2.24) is 15.5 Å². The van der Waals surface area contributed by atoms with Crippen molar-refractivity contribution in [2.24, 2.45) is 0 Å². The number of hydrogen-bond acceptors (Lipinski definition) is 3. The fraction of sp³-hybridized carbons (Fsp3) is 0.500. The van der Waals surface area contributed by atoms with Gasteiger partial charge in [0.25, 0.3) is 5.56 Å². The van der Waals surface area contributed by atoms with Crippen molar-refractivity contribution < 1.29 is 0 Å². The Hall–Kier alpha value is -1.16. The molecule has 4 heteroatoms. The second kappa shape index (κ2) is 3.06. The molecule has 1 saturated heterocycles. The van der Waals surface area contributed by atoms with Crippen molar-refractivity contribution in [1.29, 1.82) is 0 Å². The fourth-order valence-corrected chi connectivity index (χ4v) is 1.55. The summed E-state index contributed by atoms with van der Waals surface area (Å²) in [6, 6.07) is 1.63. The Kier molecular flexibility index (Phi) is 1.91. The van der Waals surface area contributed by atoms with E-state index in [1.807, 2.05) is 0 Å². The summed E-state index contributed by atoms with van der Waals surface area (Å²) in [7, 11) is 0. The minimum atomic E-state index is -0.112. The minimum Gasteiger partial charge on any atom is -0.316 e. The van der Waals surface area contributed by atoms with Crippen LogP contribution in [0.3, 0.4) is 0 Å². The molecule has 1 aliphatic rings. The van der Waals surface area contributed by atoms with Crippen LogP contribution in [0.4, 0.5) is 0 Å². The van der Waals surface area contributed by atoms with Crippen LogP contribution in [0.1, 0.15) is 17.9 Å². The maximum atomic E-state index is 10.9. The third-order valence-corrected chi connectivity index (χ3v) is 2.22. The average molecular weight is 165 g/mol. The maximum absolute atomic E-state index is 10.9. The van der Waals surface area contributed by atoms with E-state index in [4.69, 9.17) is 0 Å². The summed E-state index contributed by atoms with van der Waals surface area (Å²) in [5.74, 6) is 0.472. The van der Waals surface area contributed by atoms with Crippen molar-refractivity contribution in [3.8, 4) is 0 Å². The van der Waals surface area contributed by atoms with Crippen LogP contribution >= 0.6 is 0 Å². The zero-order valence-electron chi connectivity index (χ0n) is 6.71. The highest BCUT2D eigenvalue weighted by atomic mass is 16.1. The first kappa shape index (κ1) is 7.49. The van der Waals surface area contributed by atoms with Gasteiger partial charge in [-0.05, 0) is 24.4 Å². The summed E-state index contributed by atoms with van der Waals surface area (Å²) in [5, 5.41) is 9.38. The van der Waals surface area contributed by atoms with E-state index in [2.05, 4.69) is 15.5 Å². The van der Waals surface area contributed by atoms with E-state index < -0.39 is 0 Å².